The summed E-state index contributed by atoms with van der Waals surface area (Å²) in [6, 6.07) is 14.8. The van der Waals surface area contributed by atoms with Gasteiger partial charge in [0.15, 0.2) is 0 Å². The topological polar surface area (TPSA) is 26.0 Å². The van der Waals surface area contributed by atoms with Crippen LogP contribution in [-0.4, -0.2) is 5.75 Å². The number of halogens is 3. The average molecular weight is 311 g/mol. The molecule has 5 heteroatoms. The van der Waals surface area contributed by atoms with Crippen molar-refractivity contribution in [1.29, 1.82) is 0 Å². The number of thioether (sulfide) groups is 1. The van der Waals surface area contributed by atoms with Gasteiger partial charge in [0.1, 0.15) is 0 Å². The van der Waals surface area contributed by atoms with E-state index < -0.39 is 11.7 Å². The Morgan fingerprint density at radius 1 is 0.952 bits per heavy atom. The molecule has 0 amide bonds. The summed E-state index contributed by atoms with van der Waals surface area (Å²) < 4.78 is 37.4. The van der Waals surface area contributed by atoms with Crippen molar-refractivity contribution in [3.8, 4) is 0 Å². The monoisotopic (exact) mass is 311 g/mol. The third-order valence-electron chi connectivity index (χ3n) is 3.08. The van der Waals surface area contributed by atoms with E-state index in [0.29, 0.717) is 5.75 Å². The zero-order valence-corrected chi connectivity index (χ0v) is 12.1. The van der Waals surface area contributed by atoms with Gasteiger partial charge >= 0.3 is 6.18 Å². The Kier molecular flexibility index (Phi) is 5.31. The van der Waals surface area contributed by atoms with E-state index in [-0.39, 0.29) is 6.04 Å². The first-order valence-electron chi connectivity index (χ1n) is 6.51. The largest absolute Gasteiger partial charge is 0.416 e. The normalized spacial score (nSPS) is 13.1. The predicted octanol–water partition coefficient (Wildman–Crippen LogP) is 4.64. The van der Waals surface area contributed by atoms with Crippen LogP contribution in [-0.2, 0) is 11.9 Å². The second-order valence-electron chi connectivity index (χ2n) is 4.73. The van der Waals surface area contributed by atoms with Crippen LogP contribution in [0, 0.1) is 0 Å². The number of rotatable bonds is 5. The molecule has 0 saturated carbocycles. The average Bonchev–Trinajstić information content (AvgIpc) is 2.47. The molecular formula is C16H16F3NS. The van der Waals surface area contributed by atoms with Gasteiger partial charge in [0.2, 0.25) is 0 Å². The van der Waals surface area contributed by atoms with E-state index in [1.165, 1.54) is 17.7 Å². The van der Waals surface area contributed by atoms with Crippen molar-refractivity contribution in [1.82, 2.24) is 0 Å². The molecule has 0 bridgehead atoms. The molecule has 0 aromatic heterocycles. The molecule has 2 aromatic rings. The van der Waals surface area contributed by atoms with Gasteiger partial charge in [-0.3, -0.25) is 0 Å². The van der Waals surface area contributed by atoms with Crippen molar-refractivity contribution in [2.75, 3.05) is 5.75 Å². The molecular weight excluding hydrogens is 295 g/mol. The van der Waals surface area contributed by atoms with Crippen LogP contribution in [0.25, 0.3) is 0 Å². The molecule has 21 heavy (non-hydrogen) atoms. The standard InChI is InChI=1S/C16H16F3NS/c17-16(18,19)14-8-6-13(7-9-14)15(20)11-21-10-12-4-2-1-3-5-12/h1-9,15H,10-11,20H2. The van der Waals surface area contributed by atoms with Crippen LogP contribution in [0.15, 0.2) is 54.6 Å². The lowest BCUT2D eigenvalue weighted by molar-refractivity contribution is -0.137. The molecule has 2 N–H and O–H groups in total. The van der Waals surface area contributed by atoms with Crippen LogP contribution >= 0.6 is 11.8 Å². The molecule has 0 spiro atoms. The molecule has 0 fully saturated rings. The summed E-state index contributed by atoms with van der Waals surface area (Å²) in [6.45, 7) is 0. The number of alkyl halides is 3. The fraction of sp³-hybridized carbons (Fsp3) is 0.250. The molecule has 1 nitrogen and oxygen atoms in total. The first kappa shape index (κ1) is 15.9. The molecule has 0 aliphatic carbocycles. The Balaban J connectivity index is 1.87. The number of benzene rings is 2. The summed E-state index contributed by atoms with van der Waals surface area (Å²) >= 11 is 1.67. The molecule has 0 aliphatic heterocycles. The minimum Gasteiger partial charge on any atom is -0.323 e. The minimum absolute atomic E-state index is 0.263. The predicted molar refractivity (Wildman–Crippen MR) is 81.0 cm³/mol. The maximum Gasteiger partial charge on any atom is 0.416 e. The maximum absolute atomic E-state index is 12.5. The first-order chi connectivity index (χ1) is 9.97. The van der Waals surface area contributed by atoms with Gasteiger partial charge in [-0.05, 0) is 23.3 Å². The quantitative estimate of drug-likeness (QED) is 0.870. The third kappa shape index (κ3) is 4.79. The molecule has 112 valence electrons. The van der Waals surface area contributed by atoms with Gasteiger partial charge in [-0.1, -0.05) is 42.5 Å². The van der Waals surface area contributed by atoms with Crippen LogP contribution in [0.2, 0.25) is 0 Å². The van der Waals surface area contributed by atoms with Gasteiger partial charge in [0.05, 0.1) is 5.56 Å². The zero-order chi connectivity index (χ0) is 15.3. The first-order valence-corrected chi connectivity index (χ1v) is 7.66. The summed E-state index contributed by atoms with van der Waals surface area (Å²) in [5, 5.41) is 0. The summed E-state index contributed by atoms with van der Waals surface area (Å²) in [5.74, 6) is 1.51. The van der Waals surface area contributed by atoms with Gasteiger partial charge in [-0.15, -0.1) is 0 Å². The Bertz CT molecular complexity index is 552. The highest BCUT2D eigenvalue weighted by molar-refractivity contribution is 7.98. The van der Waals surface area contributed by atoms with Gasteiger partial charge < -0.3 is 5.73 Å². The lowest BCUT2D eigenvalue weighted by atomic mass is 10.1. The molecule has 2 rings (SSSR count). The van der Waals surface area contributed by atoms with Crippen molar-refractivity contribution in [3.63, 3.8) is 0 Å². The Morgan fingerprint density at radius 2 is 1.57 bits per heavy atom. The van der Waals surface area contributed by atoms with Crippen LogP contribution < -0.4 is 5.73 Å². The highest BCUT2D eigenvalue weighted by Crippen LogP contribution is 2.30. The molecule has 0 aliphatic rings. The van der Waals surface area contributed by atoms with Crippen LogP contribution in [0.1, 0.15) is 22.7 Å². The lowest BCUT2D eigenvalue weighted by Gasteiger charge is -2.13. The minimum atomic E-state index is -4.30. The number of nitrogens with two attached hydrogens (primary N) is 1. The van der Waals surface area contributed by atoms with E-state index in [1.54, 1.807) is 11.8 Å². The molecule has 1 atom stereocenters. The highest BCUT2D eigenvalue weighted by Gasteiger charge is 2.30. The number of hydrogen-bond donors (Lipinski definition) is 1. The van der Waals surface area contributed by atoms with Crippen molar-refractivity contribution in [2.24, 2.45) is 5.73 Å². The fourth-order valence-electron chi connectivity index (χ4n) is 1.89. The van der Waals surface area contributed by atoms with E-state index in [1.807, 2.05) is 30.3 Å². The molecule has 1 unspecified atom stereocenters. The van der Waals surface area contributed by atoms with E-state index in [2.05, 4.69) is 0 Å². The smallest absolute Gasteiger partial charge is 0.323 e. The number of hydrogen-bond acceptors (Lipinski definition) is 2. The van der Waals surface area contributed by atoms with Crippen LogP contribution in [0.3, 0.4) is 0 Å². The Hall–Kier alpha value is -1.46. The lowest BCUT2D eigenvalue weighted by Crippen LogP contribution is -2.14. The summed E-state index contributed by atoms with van der Waals surface area (Å²) in [4.78, 5) is 0. The van der Waals surface area contributed by atoms with E-state index in [9.17, 15) is 13.2 Å². The Morgan fingerprint density at radius 3 is 2.14 bits per heavy atom. The summed E-state index contributed by atoms with van der Waals surface area (Å²) in [5.41, 5.74) is 7.31. The van der Waals surface area contributed by atoms with Crippen molar-refractivity contribution < 1.29 is 13.2 Å². The van der Waals surface area contributed by atoms with Crippen LogP contribution in [0.5, 0.6) is 0 Å². The fourth-order valence-corrected chi connectivity index (χ4v) is 2.89. The SMILES string of the molecule is NC(CSCc1ccccc1)c1ccc(C(F)(F)F)cc1. The van der Waals surface area contributed by atoms with E-state index in [4.69, 9.17) is 5.73 Å². The molecule has 0 radical (unpaired) electrons. The second-order valence-corrected chi connectivity index (χ2v) is 5.76. The molecule has 0 saturated heterocycles. The second kappa shape index (κ2) is 7.00. The van der Waals surface area contributed by atoms with E-state index >= 15 is 0 Å². The van der Waals surface area contributed by atoms with Gasteiger partial charge in [-0.2, -0.15) is 24.9 Å². The van der Waals surface area contributed by atoms with Gasteiger partial charge in [0.25, 0.3) is 0 Å². The van der Waals surface area contributed by atoms with Gasteiger partial charge in [0, 0.05) is 17.5 Å². The van der Waals surface area contributed by atoms with Crippen molar-refractivity contribution >= 4 is 11.8 Å². The van der Waals surface area contributed by atoms with Crippen molar-refractivity contribution in [3.05, 3.63) is 71.3 Å². The summed E-state index contributed by atoms with van der Waals surface area (Å²) in [6.07, 6.45) is -4.30. The molecule has 0 heterocycles. The highest BCUT2D eigenvalue weighted by atomic mass is 32.2. The molecule has 2 aromatic carbocycles. The van der Waals surface area contributed by atoms with Crippen LogP contribution in [0.4, 0.5) is 13.2 Å². The van der Waals surface area contributed by atoms with Gasteiger partial charge in [-0.25, -0.2) is 0 Å². The summed E-state index contributed by atoms with van der Waals surface area (Å²) in [7, 11) is 0. The Labute approximate surface area is 126 Å². The van der Waals surface area contributed by atoms with Crippen molar-refractivity contribution in [2.45, 2.75) is 18.0 Å². The zero-order valence-electron chi connectivity index (χ0n) is 11.3. The van der Waals surface area contributed by atoms with E-state index in [0.717, 1.165) is 23.4 Å². The third-order valence-corrected chi connectivity index (χ3v) is 4.21. The maximum atomic E-state index is 12.5.